The van der Waals surface area contributed by atoms with Crippen LogP contribution in [0.2, 0.25) is 0 Å². The number of benzene rings is 1. The molecule has 2 rings (SSSR count). The molecule has 0 fully saturated rings. The molecule has 0 atom stereocenters. The van der Waals surface area contributed by atoms with E-state index in [4.69, 9.17) is 0 Å². The van der Waals surface area contributed by atoms with E-state index in [0.717, 1.165) is 28.3 Å². The Balaban J connectivity index is 2.52. The summed E-state index contributed by atoms with van der Waals surface area (Å²) in [4.78, 5) is 9.18. The van der Waals surface area contributed by atoms with E-state index in [0.29, 0.717) is 0 Å². The maximum atomic E-state index is 4.66. The van der Waals surface area contributed by atoms with Crippen LogP contribution in [0.3, 0.4) is 0 Å². The van der Waals surface area contributed by atoms with Gasteiger partial charge in [0.1, 0.15) is 0 Å². The molecular weight excluding hydrogens is 256 g/mol. The molecule has 0 aliphatic heterocycles. The summed E-state index contributed by atoms with van der Waals surface area (Å²) in [5, 5.41) is 0. The quantitative estimate of drug-likeness (QED) is 0.734. The Kier molecular flexibility index (Phi) is 4.99. The van der Waals surface area contributed by atoms with Crippen LogP contribution in [0.25, 0.3) is 17.0 Å². The second kappa shape index (κ2) is 7.15. The van der Waals surface area contributed by atoms with Crippen LogP contribution >= 0.6 is 0 Å². The first-order chi connectivity index (χ1) is 10.2. The van der Waals surface area contributed by atoms with Crippen molar-refractivity contribution < 1.29 is 0 Å². The van der Waals surface area contributed by atoms with Crippen LogP contribution < -0.4 is 0 Å². The Morgan fingerprint density at radius 3 is 2.48 bits per heavy atom. The van der Waals surface area contributed by atoms with Crippen LogP contribution in [-0.4, -0.2) is 9.97 Å². The molecule has 2 aromatic rings. The average molecular weight is 274 g/mol. The summed E-state index contributed by atoms with van der Waals surface area (Å²) >= 11 is 0. The summed E-state index contributed by atoms with van der Waals surface area (Å²) in [6.07, 6.45) is 9.27. The predicted molar refractivity (Wildman–Crippen MR) is 89.7 cm³/mol. The summed E-state index contributed by atoms with van der Waals surface area (Å²) in [6.45, 7) is 9.43. The standard InChI is InChI=1S/C19H18N2/c1-4-6-11-16(10-5-2)18-14-15(3)20-19(21-18)17-12-8-7-9-13-17/h4-14H,1-2H2,3H3/b11-6-,16-10+. The van der Waals surface area contributed by atoms with Gasteiger partial charge in [0.25, 0.3) is 0 Å². The molecule has 0 unspecified atom stereocenters. The van der Waals surface area contributed by atoms with Crippen LogP contribution in [0, 0.1) is 6.92 Å². The van der Waals surface area contributed by atoms with Gasteiger partial charge < -0.3 is 0 Å². The maximum absolute atomic E-state index is 4.66. The average Bonchev–Trinajstić information content (AvgIpc) is 2.51. The van der Waals surface area contributed by atoms with E-state index >= 15 is 0 Å². The van der Waals surface area contributed by atoms with Gasteiger partial charge in [0.2, 0.25) is 0 Å². The molecule has 104 valence electrons. The lowest BCUT2D eigenvalue weighted by molar-refractivity contribution is 1.09. The zero-order valence-electron chi connectivity index (χ0n) is 12.2. The molecule has 0 radical (unpaired) electrons. The zero-order valence-corrected chi connectivity index (χ0v) is 12.2. The number of aromatic nitrogens is 2. The fourth-order valence-electron chi connectivity index (χ4n) is 1.96. The van der Waals surface area contributed by atoms with Crippen LogP contribution in [0.4, 0.5) is 0 Å². The van der Waals surface area contributed by atoms with Crippen molar-refractivity contribution in [3.63, 3.8) is 0 Å². The van der Waals surface area contributed by atoms with Gasteiger partial charge in [-0.2, -0.15) is 0 Å². The van der Waals surface area contributed by atoms with Crippen molar-refractivity contribution in [1.29, 1.82) is 0 Å². The second-order valence-corrected chi connectivity index (χ2v) is 4.54. The van der Waals surface area contributed by atoms with Crippen LogP contribution in [0.15, 0.2) is 79.9 Å². The summed E-state index contributed by atoms with van der Waals surface area (Å²) < 4.78 is 0. The van der Waals surface area contributed by atoms with E-state index in [-0.39, 0.29) is 0 Å². The highest BCUT2D eigenvalue weighted by Crippen LogP contribution is 2.20. The Morgan fingerprint density at radius 2 is 1.81 bits per heavy atom. The molecule has 0 amide bonds. The number of hydrogen-bond acceptors (Lipinski definition) is 2. The summed E-state index contributed by atoms with van der Waals surface area (Å²) in [5.74, 6) is 0.729. The van der Waals surface area contributed by atoms with Gasteiger partial charge in [-0.15, -0.1) is 0 Å². The third-order valence-corrected chi connectivity index (χ3v) is 2.89. The molecule has 0 saturated heterocycles. The number of nitrogens with zero attached hydrogens (tertiary/aromatic N) is 2. The largest absolute Gasteiger partial charge is 0.233 e. The first-order valence-electron chi connectivity index (χ1n) is 6.78. The highest BCUT2D eigenvalue weighted by Gasteiger charge is 2.06. The third kappa shape index (κ3) is 3.86. The van der Waals surface area contributed by atoms with Crippen molar-refractivity contribution in [3.8, 4) is 11.4 Å². The Labute approximate surface area is 125 Å². The van der Waals surface area contributed by atoms with E-state index in [1.807, 2.05) is 61.5 Å². The normalized spacial score (nSPS) is 11.6. The summed E-state index contributed by atoms with van der Waals surface area (Å²) in [5.41, 5.74) is 3.79. The van der Waals surface area contributed by atoms with Crippen molar-refractivity contribution >= 4 is 5.57 Å². The van der Waals surface area contributed by atoms with Crippen LogP contribution in [0.1, 0.15) is 11.4 Å². The molecule has 0 N–H and O–H groups in total. The van der Waals surface area contributed by atoms with Gasteiger partial charge >= 0.3 is 0 Å². The molecule has 0 saturated carbocycles. The van der Waals surface area contributed by atoms with E-state index in [1.54, 1.807) is 12.2 Å². The molecule has 0 aliphatic carbocycles. The predicted octanol–water partition coefficient (Wildman–Crippen LogP) is 4.76. The Hall–Kier alpha value is -2.74. The van der Waals surface area contributed by atoms with Gasteiger partial charge in [-0.3, -0.25) is 0 Å². The van der Waals surface area contributed by atoms with Crippen LogP contribution in [-0.2, 0) is 0 Å². The van der Waals surface area contributed by atoms with E-state index in [2.05, 4.69) is 23.1 Å². The molecule has 0 spiro atoms. The van der Waals surface area contributed by atoms with Crippen molar-refractivity contribution in [2.24, 2.45) is 0 Å². The molecule has 21 heavy (non-hydrogen) atoms. The lowest BCUT2D eigenvalue weighted by Gasteiger charge is -2.07. The molecule has 1 aromatic heterocycles. The monoisotopic (exact) mass is 274 g/mol. The van der Waals surface area contributed by atoms with Crippen LogP contribution in [0.5, 0.6) is 0 Å². The van der Waals surface area contributed by atoms with Gasteiger partial charge in [-0.25, -0.2) is 9.97 Å². The molecule has 1 aromatic carbocycles. The smallest absolute Gasteiger partial charge is 0.160 e. The van der Waals surface area contributed by atoms with Crippen molar-refractivity contribution in [1.82, 2.24) is 9.97 Å². The van der Waals surface area contributed by atoms with E-state index < -0.39 is 0 Å². The maximum Gasteiger partial charge on any atom is 0.160 e. The van der Waals surface area contributed by atoms with Gasteiger partial charge in [-0.05, 0) is 13.0 Å². The van der Waals surface area contributed by atoms with Crippen molar-refractivity contribution in [2.45, 2.75) is 6.92 Å². The minimum atomic E-state index is 0.729. The van der Waals surface area contributed by atoms with Gasteiger partial charge in [0.15, 0.2) is 5.82 Å². The Morgan fingerprint density at radius 1 is 1.05 bits per heavy atom. The molecule has 0 aliphatic rings. The molecule has 1 heterocycles. The Bertz CT molecular complexity index is 695. The lowest BCUT2D eigenvalue weighted by Crippen LogP contribution is -1.97. The molecular formula is C19H18N2. The minimum Gasteiger partial charge on any atom is -0.233 e. The highest BCUT2D eigenvalue weighted by molar-refractivity contribution is 5.74. The number of rotatable bonds is 5. The summed E-state index contributed by atoms with van der Waals surface area (Å²) in [7, 11) is 0. The fourth-order valence-corrected chi connectivity index (χ4v) is 1.96. The lowest BCUT2D eigenvalue weighted by atomic mass is 10.1. The first kappa shape index (κ1) is 14.7. The van der Waals surface area contributed by atoms with Crippen molar-refractivity contribution in [3.05, 3.63) is 91.3 Å². The SMILES string of the molecule is C=C/C=C\C(=C/C=C)c1cc(C)nc(-c2ccccc2)n1. The van der Waals surface area contributed by atoms with Gasteiger partial charge in [0.05, 0.1) is 5.69 Å². The molecule has 0 bridgehead atoms. The third-order valence-electron chi connectivity index (χ3n) is 2.89. The molecule has 2 nitrogen and oxygen atoms in total. The van der Waals surface area contributed by atoms with Gasteiger partial charge in [0, 0.05) is 16.8 Å². The van der Waals surface area contributed by atoms with E-state index in [9.17, 15) is 0 Å². The molecule has 2 heteroatoms. The van der Waals surface area contributed by atoms with Gasteiger partial charge in [-0.1, -0.05) is 73.9 Å². The number of allylic oxidation sites excluding steroid dienone is 6. The number of aryl methyl sites for hydroxylation is 1. The van der Waals surface area contributed by atoms with E-state index in [1.165, 1.54) is 0 Å². The minimum absolute atomic E-state index is 0.729. The highest BCUT2D eigenvalue weighted by atomic mass is 14.9. The second-order valence-electron chi connectivity index (χ2n) is 4.54. The van der Waals surface area contributed by atoms with Crippen molar-refractivity contribution in [2.75, 3.05) is 0 Å². The zero-order chi connectivity index (χ0) is 15.1. The number of hydrogen-bond donors (Lipinski definition) is 0. The topological polar surface area (TPSA) is 25.8 Å². The summed E-state index contributed by atoms with van der Waals surface area (Å²) in [6, 6.07) is 11.9. The fraction of sp³-hybridized carbons (Fsp3) is 0.0526. The first-order valence-corrected chi connectivity index (χ1v) is 6.78.